The Morgan fingerprint density at radius 1 is 1.17 bits per heavy atom. The van der Waals surface area contributed by atoms with Gasteiger partial charge in [-0.3, -0.25) is 9.59 Å². The molecule has 0 saturated carbocycles. The van der Waals surface area contributed by atoms with Crippen LogP contribution in [0.5, 0.6) is 0 Å². The second kappa shape index (κ2) is 6.86. The third kappa shape index (κ3) is 4.44. The van der Waals surface area contributed by atoms with Gasteiger partial charge >= 0.3 is 0 Å². The van der Waals surface area contributed by atoms with E-state index in [1.54, 1.807) is 18.2 Å². The molecule has 2 rings (SSSR count). The molecule has 0 saturated heterocycles. The average molecular weight is 332 g/mol. The van der Waals surface area contributed by atoms with Crippen LogP contribution in [0, 0.1) is 5.82 Å². The molecule has 0 radical (unpaired) electrons. The Morgan fingerprint density at radius 2 is 1.83 bits per heavy atom. The molecule has 2 amide bonds. The lowest BCUT2D eigenvalue weighted by atomic mass is 10.1. The zero-order valence-electron chi connectivity index (χ0n) is 14.2. The fourth-order valence-corrected chi connectivity index (χ4v) is 2.19. The van der Waals surface area contributed by atoms with Gasteiger partial charge in [0.05, 0.1) is 12.1 Å². The summed E-state index contributed by atoms with van der Waals surface area (Å²) in [6.45, 7) is 5.49. The standard InChI is InChI=1S/C18H21FN2O3/c1-18(2,3)20-16(22)11-21(4)17(23)15-10-9-14(24-15)12-7-5-6-8-13(12)19/h5-10H,11H2,1-4H3,(H,20,22). The number of hydrogen-bond donors (Lipinski definition) is 1. The summed E-state index contributed by atoms with van der Waals surface area (Å²) in [7, 11) is 1.51. The highest BCUT2D eigenvalue weighted by Gasteiger charge is 2.21. The van der Waals surface area contributed by atoms with Crippen molar-refractivity contribution in [3.8, 4) is 11.3 Å². The van der Waals surface area contributed by atoms with E-state index in [4.69, 9.17) is 4.42 Å². The highest BCUT2D eigenvalue weighted by atomic mass is 19.1. The Bertz CT molecular complexity index is 747. The third-order valence-electron chi connectivity index (χ3n) is 3.20. The molecule has 0 unspecified atom stereocenters. The quantitative estimate of drug-likeness (QED) is 0.936. The van der Waals surface area contributed by atoms with Crippen LogP contribution in [0.4, 0.5) is 4.39 Å². The van der Waals surface area contributed by atoms with Gasteiger partial charge in [0.15, 0.2) is 5.76 Å². The van der Waals surface area contributed by atoms with Gasteiger partial charge in [0.1, 0.15) is 11.6 Å². The Labute approximate surface area is 140 Å². The van der Waals surface area contributed by atoms with E-state index in [0.29, 0.717) is 0 Å². The van der Waals surface area contributed by atoms with Gasteiger partial charge in [0.2, 0.25) is 5.91 Å². The van der Waals surface area contributed by atoms with Gasteiger partial charge in [-0.15, -0.1) is 0 Å². The van der Waals surface area contributed by atoms with Crippen molar-refractivity contribution in [2.75, 3.05) is 13.6 Å². The first kappa shape index (κ1) is 17.7. The fourth-order valence-electron chi connectivity index (χ4n) is 2.19. The van der Waals surface area contributed by atoms with E-state index in [0.717, 1.165) is 0 Å². The van der Waals surface area contributed by atoms with E-state index in [1.165, 1.54) is 30.1 Å². The maximum atomic E-state index is 13.8. The number of nitrogens with one attached hydrogen (secondary N) is 1. The summed E-state index contributed by atoms with van der Waals surface area (Å²) in [5.41, 5.74) is -0.0893. The van der Waals surface area contributed by atoms with Crippen molar-refractivity contribution in [2.24, 2.45) is 0 Å². The van der Waals surface area contributed by atoms with Crippen LogP contribution < -0.4 is 5.32 Å². The first-order chi connectivity index (χ1) is 11.2. The van der Waals surface area contributed by atoms with Crippen LogP contribution in [0.15, 0.2) is 40.8 Å². The molecule has 2 aromatic rings. The van der Waals surface area contributed by atoms with Gasteiger partial charge in [-0.1, -0.05) is 12.1 Å². The van der Waals surface area contributed by atoms with Gasteiger partial charge < -0.3 is 14.6 Å². The minimum Gasteiger partial charge on any atom is -0.451 e. The average Bonchev–Trinajstić information content (AvgIpc) is 2.94. The van der Waals surface area contributed by atoms with Gasteiger partial charge in [-0.25, -0.2) is 4.39 Å². The molecule has 6 heteroatoms. The number of amides is 2. The summed E-state index contributed by atoms with van der Waals surface area (Å²) in [6.07, 6.45) is 0. The van der Waals surface area contributed by atoms with E-state index in [-0.39, 0.29) is 35.1 Å². The number of hydrogen-bond acceptors (Lipinski definition) is 3. The van der Waals surface area contributed by atoms with Crippen molar-refractivity contribution in [1.29, 1.82) is 0 Å². The lowest BCUT2D eigenvalue weighted by molar-refractivity contribution is -0.122. The van der Waals surface area contributed by atoms with Gasteiger partial charge in [0, 0.05) is 12.6 Å². The van der Waals surface area contributed by atoms with Crippen molar-refractivity contribution < 1.29 is 18.4 Å². The molecule has 1 aromatic heterocycles. The van der Waals surface area contributed by atoms with Crippen molar-refractivity contribution in [2.45, 2.75) is 26.3 Å². The molecule has 0 bridgehead atoms. The molecule has 0 aliphatic heterocycles. The molecule has 0 atom stereocenters. The van der Waals surface area contributed by atoms with Crippen LogP contribution in [0.2, 0.25) is 0 Å². The lowest BCUT2D eigenvalue weighted by Crippen LogP contribution is -2.46. The van der Waals surface area contributed by atoms with Crippen molar-refractivity contribution in [3.05, 3.63) is 48.0 Å². The van der Waals surface area contributed by atoms with Crippen molar-refractivity contribution in [1.82, 2.24) is 10.2 Å². The largest absolute Gasteiger partial charge is 0.451 e. The van der Waals surface area contributed by atoms with E-state index in [1.807, 2.05) is 20.8 Å². The Kier molecular flexibility index (Phi) is 5.07. The van der Waals surface area contributed by atoms with Crippen LogP contribution in [-0.2, 0) is 4.79 Å². The summed E-state index contributed by atoms with van der Waals surface area (Å²) in [5, 5.41) is 2.78. The maximum absolute atomic E-state index is 13.8. The molecule has 128 valence electrons. The van der Waals surface area contributed by atoms with Crippen LogP contribution >= 0.6 is 0 Å². The second-order valence-corrected chi connectivity index (χ2v) is 6.60. The smallest absolute Gasteiger partial charge is 0.289 e. The molecular formula is C18H21FN2O3. The SMILES string of the molecule is CN(CC(=O)NC(C)(C)C)C(=O)c1ccc(-c2ccccc2F)o1. The van der Waals surface area contributed by atoms with Crippen molar-refractivity contribution >= 4 is 11.8 Å². The first-order valence-electron chi connectivity index (χ1n) is 7.58. The predicted molar refractivity (Wildman–Crippen MR) is 89.0 cm³/mol. The minimum atomic E-state index is -0.443. The summed E-state index contributed by atoms with van der Waals surface area (Å²) >= 11 is 0. The van der Waals surface area contributed by atoms with E-state index in [2.05, 4.69) is 5.32 Å². The van der Waals surface area contributed by atoms with E-state index in [9.17, 15) is 14.0 Å². The molecule has 0 aliphatic rings. The predicted octanol–water partition coefficient (Wildman–Crippen LogP) is 3.07. The number of rotatable bonds is 4. The van der Waals surface area contributed by atoms with E-state index >= 15 is 0 Å². The normalized spacial score (nSPS) is 11.2. The molecule has 24 heavy (non-hydrogen) atoms. The Hall–Kier alpha value is -2.63. The van der Waals surface area contributed by atoms with Gasteiger partial charge in [-0.05, 0) is 45.0 Å². The Balaban J connectivity index is 2.08. The number of halogens is 1. The zero-order chi connectivity index (χ0) is 17.9. The number of carbonyl (C=O) groups excluding carboxylic acids is 2. The van der Waals surface area contributed by atoms with Crippen LogP contribution in [0.3, 0.4) is 0 Å². The molecule has 5 nitrogen and oxygen atoms in total. The summed E-state index contributed by atoms with van der Waals surface area (Å²) in [5.74, 6) is -0.812. The summed E-state index contributed by atoms with van der Waals surface area (Å²) < 4.78 is 19.2. The number of furan rings is 1. The van der Waals surface area contributed by atoms with Crippen LogP contribution in [-0.4, -0.2) is 35.8 Å². The summed E-state index contributed by atoms with van der Waals surface area (Å²) in [6, 6.07) is 9.17. The molecule has 0 fully saturated rings. The minimum absolute atomic E-state index is 0.0549. The van der Waals surface area contributed by atoms with E-state index < -0.39 is 11.7 Å². The highest BCUT2D eigenvalue weighted by Crippen LogP contribution is 2.25. The van der Waals surface area contributed by atoms with Gasteiger partial charge in [-0.2, -0.15) is 0 Å². The number of likely N-dealkylation sites (N-methyl/N-ethyl adjacent to an activating group) is 1. The topological polar surface area (TPSA) is 62.6 Å². The number of nitrogens with zero attached hydrogens (tertiary/aromatic N) is 1. The molecule has 0 aliphatic carbocycles. The number of carbonyl (C=O) groups is 2. The molecule has 1 N–H and O–H groups in total. The zero-order valence-corrected chi connectivity index (χ0v) is 14.2. The summed E-state index contributed by atoms with van der Waals surface area (Å²) in [4.78, 5) is 25.5. The number of benzene rings is 1. The molecular weight excluding hydrogens is 311 g/mol. The molecule has 1 aromatic carbocycles. The molecule has 0 spiro atoms. The van der Waals surface area contributed by atoms with Crippen molar-refractivity contribution in [3.63, 3.8) is 0 Å². The van der Waals surface area contributed by atoms with Crippen LogP contribution in [0.1, 0.15) is 31.3 Å². The second-order valence-electron chi connectivity index (χ2n) is 6.60. The lowest BCUT2D eigenvalue weighted by Gasteiger charge is -2.23. The Morgan fingerprint density at radius 3 is 2.46 bits per heavy atom. The first-order valence-corrected chi connectivity index (χ1v) is 7.58. The maximum Gasteiger partial charge on any atom is 0.289 e. The highest BCUT2D eigenvalue weighted by molar-refractivity contribution is 5.94. The van der Waals surface area contributed by atoms with Crippen LogP contribution in [0.25, 0.3) is 11.3 Å². The fraction of sp³-hybridized carbons (Fsp3) is 0.333. The van der Waals surface area contributed by atoms with Gasteiger partial charge in [0.25, 0.3) is 5.91 Å². The third-order valence-corrected chi connectivity index (χ3v) is 3.20. The molecule has 1 heterocycles. The monoisotopic (exact) mass is 332 g/mol.